The summed E-state index contributed by atoms with van der Waals surface area (Å²) < 4.78 is 0. The summed E-state index contributed by atoms with van der Waals surface area (Å²) in [5, 5.41) is 11.2. The fourth-order valence-electron chi connectivity index (χ4n) is 2.34. The van der Waals surface area contributed by atoms with Crippen molar-refractivity contribution in [2.45, 2.75) is 12.8 Å². The number of hydrogen-bond donors (Lipinski definition) is 1. The molecule has 0 saturated carbocycles. The second-order valence-electron chi connectivity index (χ2n) is 4.25. The summed E-state index contributed by atoms with van der Waals surface area (Å²) in [6, 6.07) is 11.9. The highest BCUT2D eigenvalue weighted by atomic mass is 16.4. The molecule has 0 bridgehead atoms. The highest BCUT2D eigenvalue weighted by Crippen LogP contribution is 2.40. The van der Waals surface area contributed by atoms with Gasteiger partial charge in [-0.1, -0.05) is 43.3 Å². The predicted octanol–water partition coefficient (Wildman–Crippen LogP) is 3.11. The first-order valence-corrected chi connectivity index (χ1v) is 5.52. The first-order valence-electron chi connectivity index (χ1n) is 5.52. The van der Waals surface area contributed by atoms with Crippen LogP contribution in [0.15, 0.2) is 41.4 Å². The van der Waals surface area contributed by atoms with Crippen LogP contribution in [0.5, 0.6) is 0 Å². The molecule has 1 aliphatic heterocycles. The fourth-order valence-corrected chi connectivity index (χ4v) is 2.34. The molecular formula is C14H11NO2. The molecule has 17 heavy (non-hydrogen) atoms. The maximum Gasteiger partial charge on any atom is 0.350 e. The number of rotatable bonds is 1. The average Bonchev–Trinajstić information content (AvgIpc) is 2.67. The van der Waals surface area contributed by atoms with Crippen molar-refractivity contribution < 1.29 is 9.90 Å². The second kappa shape index (κ2) is 3.42. The quantitative estimate of drug-likeness (QED) is 0.810. The molecule has 2 aromatic rings. The lowest BCUT2D eigenvalue weighted by molar-refractivity contribution is -0.129. The van der Waals surface area contributed by atoms with E-state index in [4.69, 9.17) is 5.11 Å². The Hall–Kier alpha value is -2.16. The Morgan fingerprint density at radius 1 is 1.24 bits per heavy atom. The maximum atomic E-state index is 11.1. The molecule has 1 heterocycles. The number of aliphatic imine (C=N–C) groups is 1. The minimum absolute atomic E-state index is 0.132. The van der Waals surface area contributed by atoms with Crippen LogP contribution < -0.4 is 0 Å². The van der Waals surface area contributed by atoms with Gasteiger partial charge in [-0.3, -0.25) is 0 Å². The molecule has 1 N–H and O–H groups in total. The van der Waals surface area contributed by atoms with Crippen LogP contribution in [0.4, 0.5) is 5.69 Å². The summed E-state index contributed by atoms with van der Waals surface area (Å²) in [7, 11) is 0. The summed E-state index contributed by atoms with van der Waals surface area (Å²) in [6.07, 6.45) is 0. The Labute approximate surface area is 98.4 Å². The van der Waals surface area contributed by atoms with Crippen LogP contribution in [-0.2, 0) is 4.79 Å². The zero-order chi connectivity index (χ0) is 12.0. The van der Waals surface area contributed by atoms with Crippen LogP contribution in [0, 0.1) is 0 Å². The highest BCUT2D eigenvalue weighted by molar-refractivity contribution is 6.40. The second-order valence-corrected chi connectivity index (χ2v) is 4.25. The Kier molecular flexibility index (Phi) is 2.01. The van der Waals surface area contributed by atoms with Gasteiger partial charge in [-0.05, 0) is 10.9 Å². The maximum absolute atomic E-state index is 11.1. The monoisotopic (exact) mass is 225 g/mol. The van der Waals surface area contributed by atoms with E-state index in [1.54, 1.807) is 0 Å². The van der Waals surface area contributed by atoms with E-state index in [2.05, 4.69) is 4.99 Å². The van der Waals surface area contributed by atoms with E-state index in [1.807, 2.05) is 43.3 Å². The third-order valence-corrected chi connectivity index (χ3v) is 3.26. The van der Waals surface area contributed by atoms with Gasteiger partial charge in [0.05, 0.1) is 5.69 Å². The van der Waals surface area contributed by atoms with E-state index in [0.29, 0.717) is 0 Å². The van der Waals surface area contributed by atoms with Gasteiger partial charge in [0.15, 0.2) is 0 Å². The van der Waals surface area contributed by atoms with Gasteiger partial charge >= 0.3 is 5.97 Å². The number of carboxylic acids is 1. The normalized spacial score (nSPS) is 17.9. The van der Waals surface area contributed by atoms with E-state index in [9.17, 15) is 4.79 Å². The molecule has 0 aliphatic carbocycles. The number of hydrogen-bond acceptors (Lipinski definition) is 2. The lowest BCUT2D eigenvalue weighted by Crippen LogP contribution is -2.16. The Balaban J connectivity index is 2.32. The molecular weight excluding hydrogens is 214 g/mol. The number of nitrogens with zero attached hydrogens (tertiary/aromatic N) is 1. The van der Waals surface area contributed by atoms with Gasteiger partial charge in [0.1, 0.15) is 5.71 Å². The molecule has 0 radical (unpaired) electrons. The van der Waals surface area contributed by atoms with Crippen molar-refractivity contribution in [1.82, 2.24) is 0 Å². The van der Waals surface area contributed by atoms with E-state index in [1.165, 1.54) is 0 Å². The number of carboxylic acid groups (broad SMARTS) is 1. The standard InChI is InChI=1S/C14H11NO2/c1-8-10-7-6-9-4-2-3-5-11(9)13(10)15-12(8)14(16)17/h2-8H,1H3,(H,16,17). The third kappa shape index (κ3) is 1.35. The molecule has 1 atom stereocenters. The van der Waals surface area contributed by atoms with Gasteiger partial charge in [0.25, 0.3) is 0 Å². The van der Waals surface area contributed by atoms with Gasteiger partial charge < -0.3 is 5.11 Å². The number of aliphatic carboxylic acids is 1. The molecule has 3 rings (SSSR count). The molecule has 0 aromatic heterocycles. The lowest BCUT2D eigenvalue weighted by atomic mass is 9.95. The fraction of sp³-hybridized carbons (Fsp3) is 0.143. The molecule has 3 heteroatoms. The van der Waals surface area contributed by atoms with Gasteiger partial charge in [0.2, 0.25) is 0 Å². The first kappa shape index (κ1) is 10.0. The van der Waals surface area contributed by atoms with Crippen LogP contribution in [0.1, 0.15) is 18.4 Å². The number of carbonyl (C=O) groups is 1. The summed E-state index contributed by atoms with van der Waals surface area (Å²) in [5.41, 5.74) is 2.05. The molecule has 2 aromatic carbocycles. The topological polar surface area (TPSA) is 49.7 Å². The molecule has 0 saturated heterocycles. The minimum Gasteiger partial charge on any atom is -0.477 e. The molecule has 0 fully saturated rings. The summed E-state index contributed by atoms with van der Waals surface area (Å²) >= 11 is 0. The van der Waals surface area contributed by atoms with Gasteiger partial charge in [0, 0.05) is 11.3 Å². The zero-order valence-electron chi connectivity index (χ0n) is 9.34. The van der Waals surface area contributed by atoms with Crippen molar-refractivity contribution in [1.29, 1.82) is 0 Å². The van der Waals surface area contributed by atoms with Crippen molar-refractivity contribution in [3.05, 3.63) is 42.0 Å². The highest BCUT2D eigenvalue weighted by Gasteiger charge is 2.28. The SMILES string of the molecule is CC1C(C(=O)O)=Nc2c1ccc1ccccc21. The van der Waals surface area contributed by atoms with Gasteiger partial charge in [-0.25, -0.2) is 9.79 Å². The number of fused-ring (bicyclic) bond motifs is 3. The zero-order valence-corrected chi connectivity index (χ0v) is 9.34. The van der Waals surface area contributed by atoms with Crippen LogP contribution in [0.3, 0.4) is 0 Å². The van der Waals surface area contributed by atoms with E-state index in [0.717, 1.165) is 22.0 Å². The molecule has 1 aliphatic rings. The van der Waals surface area contributed by atoms with Crippen LogP contribution in [-0.4, -0.2) is 16.8 Å². The summed E-state index contributed by atoms with van der Waals surface area (Å²) in [6.45, 7) is 1.88. The average molecular weight is 225 g/mol. The van der Waals surface area contributed by atoms with Gasteiger partial charge in [-0.2, -0.15) is 0 Å². The third-order valence-electron chi connectivity index (χ3n) is 3.26. The summed E-state index contributed by atoms with van der Waals surface area (Å²) in [4.78, 5) is 15.4. The smallest absolute Gasteiger partial charge is 0.350 e. The van der Waals surface area contributed by atoms with E-state index in [-0.39, 0.29) is 11.6 Å². The summed E-state index contributed by atoms with van der Waals surface area (Å²) in [5.74, 6) is -1.06. The first-order chi connectivity index (χ1) is 8.18. The van der Waals surface area contributed by atoms with Crippen LogP contribution in [0.2, 0.25) is 0 Å². The molecule has 3 nitrogen and oxygen atoms in total. The van der Waals surface area contributed by atoms with E-state index >= 15 is 0 Å². The minimum atomic E-state index is -0.933. The van der Waals surface area contributed by atoms with Crippen LogP contribution in [0.25, 0.3) is 10.8 Å². The van der Waals surface area contributed by atoms with Gasteiger partial charge in [-0.15, -0.1) is 0 Å². The molecule has 0 amide bonds. The van der Waals surface area contributed by atoms with Crippen molar-refractivity contribution in [2.24, 2.45) is 4.99 Å². The largest absolute Gasteiger partial charge is 0.477 e. The molecule has 1 unspecified atom stereocenters. The van der Waals surface area contributed by atoms with Crippen molar-refractivity contribution in [3.63, 3.8) is 0 Å². The number of benzene rings is 2. The molecule has 0 spiro atoms. The van der Waals surface area contributed by atoms with Crippen molar-refractivity contribution >= 4 is 28.1 Å². The van der Waals surface area contributed by atoms with Crippen molar-refractivity contribution in [3.8, 4) is 0 Å². The Morgan fingerprint density at radius 3 is 2.76 bits per heavy atom. The Bertz CT molecular complexity index is 658. The Morgan fingerprint density at radius 2 is 2.00 bits per heavy atom. The molecule has 84 valence electrons. The van der Waals surface area contributed by atoms with Crippen molar-refractivity contribution in [2.75, 3.05) is 0 Å². The van der Waals surface area contributed by atoms with Crippen LogP contribution >= 0.6 is 0 Å². The predicted molar refractivity (Wildman–Crippen MR) is 67.1 cm³/mol. The van der Waals surface area contributed by atoms with E-state index < -0.39 is 5.97 Å². The lowest BCUT2D eigenvalue weighted by Gasteiger charge is -2.06.